The fourth-order valence-corrected chi connectivity index (χ4v) is 3.38. The first kappa shape index (κ1) is 23.9. The Hall–Kier alpha value is -3.75. The molecule has 9 heteroatoms. The lowest BCUT2D eigenvalue weighted by Crippen LogP contribution is -2.41. The minimum atomic E-state index is -0.700. The number of unbranched alkanes of at least 4 members (excludes halogenated alkanes) is 2. The summed E-state index contributed by atoms with van der Waals surface area (Å²) in [6.45, 7) is 4.72. The van der Waals surface area contributed by atoms with Gasteiger partial charge < -0.3 is 14.9 Å². The molecule has 9 nitrogen and oxygen atoms in total. The molecule has 2 aromatic heterocycles. The van der Waals surface area contributed by atoms with Crippen LogP contribution in [-0.4, -0.2) is 22.0 Å². The van der Waals surface area contributed by atoms with E-state index in [9.17, 15) is 14.4 Å². The van der Waals surface area contributed by atoms with Gasteiger partial charge in [0.25, 0.3) is 11.5 Å². The summed E-state index contributed by atoms with van der Waals surface area (Å²) in [5, 5.41) is 0. The van der Waals surface area contributed by atoms with Crippen LogP contribution in [0.4, 0.5) is 11.5 Å². The van der Waals surface area contributed by atoms with Crippen molar-refractivity contribution in [3.8, 4) is 5.75 Å². The molecule has 1 amide bonds. The summed E-state index contributed by atoms with van der Waals surface area (Å²) in [6, 6.07) is 12.5. The summed E-state index contributed by atoms with van der Waals surface area (Å²) < 4.78 is 12.7. The number of carbonyl (C=O) groups excluding carboxylic acids is 1. The predicted octanol–water partition coefficient (Wildman–Crippen LogP) is 3.54. The molecule has 0 unspecified atom stereocenters. The number of amides is 1. The lowest BCUT2D eigenvalue weighted by molar-refractivity contribution is 0.0955. The topological polar surface area (TPSA) is 124 Å². The lowest BCUT2D eigenvalue weighted by atomic mass is 10.2. The Morgan fingerprint density at radius 1 is 1.09 bits per heavy atom. The van der Waals surface area contributed by atoms with Gasteiger partial charge in [-0.1, -0.05) is 44.9 Å². The third kappa shape index (κ3) is 5.74. The maximum absolute atomic E-state index is 13.3. The molecule has 0 aliphatic rings. The average molecular weight is 455 g/mol. The van der Waals surface area contributed by atoms with Crippen molar-refractivity contribution < 1.29 is 13.9 Å². The molecule has 1 aromatic carbocycles. The number of carbonyl (C=O) groups is 1. The number of nitrogens with two attached hydrogens (primary N) is 1. The smallest absolute Gasteiger partial charge is 0.330 e. The van der Waals surface area contributed by atoms with E-state index in [1.807, 2.05) is 44.2 Å². The number of hydrogen-bond acceptors (Lipinski definition) is 6. The average Bonchev–Trinajstić information content (AvgIpc) is 3.29. The highest BCUT2D eigenvalue weighted by atomic mass is 16.5. The normalized spacial score (nSPS) is 10.8. The van der Waals surface area contributed by atoms with E-state index in [0.717, 1.165) is 12.8 Å². The largest absolute Gasteiger partial charge is 0.486 e. The highest BCUT2D eigenvalue weighted by Crippen LogP contribution is 2.22. The lowest BCUT2D eigenvalue weighted by Gasteiger charge is -2.23. The summed E-state index contributed by atoms with van der Waals surface area (Å²) in [5.41, 5.74) is 4.90. The van der Waals surface area contributed by atoms with E-state index in [0.29, 0.717) is 30.9 Å². The van der Waals surface area contributed by atoms with Gasteiger partial charge in [-0.2, -0.15) is 0 Å². The highest BCUT2D eigenvalue weighted by Gasteiger charge is 2.27. The molecule has 2 heterocycles. The molecule has 3 aromatic rings. The molecule has 0 saturated heterocycles. The van der Waals surface area contributed by atoms with Gasteiger partial charge in [-0.3, -0.25) is 24.0 Å². The Morgan fingerprint density at radius 2 is 1.82 bits per heavy atom. The molecule has 0 atom stereocenters. The van der Waals surface area contributed by atoms with Crippen molar-refractivity contribution in [3.05, 3.63) is 74.8 Å². The second-order valence-electron chi connectivity index (χ2n) is 7.68. The van der Waals surface area contributed by atoms with Crippen LogP contribution in [0.25, 0.3) is 0 Å². The Morgan fingerprint density at radius 3 is 2.52 bits per heavy atom. The first-order valence-corrected chi connectivity index (χ1v) is 11.2. The van der Waals surface area contributed by atoms with Crippen molar-refractivity contribution >= 4 is 17.4 Å². The van der Waals surface area contributed by atoms with Gasteiger partial charge in [0.05, 0.1) is 0 Å². The third-order valence-corrected chi connectivity index (χ3v) is 5.20. The van der Waals surface area contributed by atoms with Gasteiger partial charge in [0.1, 0.15) is 23.9 Å². The molecular weight excluding hydrogens is 424 g/mol. The third-order valence-electron chi connectivity index (χ3n) is 5.20. The molecule has 3 rings (SSSR count). The summed E-state index contributed by atoms with van der Waals surface area (Å²) in [6.07, 6.45) is 3.00. The molecule has 0 fully saturated rings. The van der Waals surface area contributed by atoms with Crippen LogP contribution < -0.4 is 26.6 Å². The van der Waals surface area contributed by atoms with Gasteiger partial charge in [0.2, 0.25) is 0 Å². The van der Waals surface area contributed by atoms with Crippen LogP contribution in [-0.2, 0) is 13.2 Å². The Balaban J connectivity index is 1.89. The van der Waals surface area contributed by atoms with Crippen LogP contribution in [0.3, 0.4) is 0 Å². The molecule has 0 aliphatic heterocycles. The zero-order valence-electron chi connectivity index (χ0n) is 19.0. The van der Waals surface area contributed by atoms with Crippen molar-refractivity contribution in [2.24, 2.45) is 0 Å². The molecule has 0 saturated carbocycles. The Kier molecular flexibility index (Phi) is 8.12. The van der Waals surface area contributed by atoms with Crippen molar-refractivity contribution in [2.75, 3.05) is 17.2 Å². The van der Waals surface area contributed by atoms with Crippen LogP contribution in [0.1, 0.15) is 55.8 Å². The number of para-hydroxylation sites is 1. The maximum atomic E-state index is 13.3. The SMILES string of the molecule is CCCCN(C(=O)c1ccc(COc2ccccc2)o1)c1c(N)n(CCCC)c(=O)[nH]c1=O. The van der Waals surface area contributed by atoms with Crippen LogP contribution in [0, 0.1) is 0 Å². The fraction of sp³-hybridized carbons (Fsp3) is 0.375. The second kappa shape index (κ2) is 11.2. The number of hydrogen-bond donors (Lipinski definition) is 2. The molecule has 0 aliphatic carbocycles. The number of furan rings is 1. The zero-order chi connectivity index (χ0) is 23.8. The van der Waals surface area contributed by atoms with Gasteiger partial charge in [-0.05, 0) is 37.1 Å². The Bertz CT molecular complexity index is 1180. The van der Waals surface area contributed by atoms with Crippen LogP contribution in [0.5, 0.6) is 5.75 Å². The van der Waals surface area contributed by atoms with E-state index >= 15 is 0 Å². The predicted molar refractivity (Wildman–Crippen MR) is 127 cm³/mol. The van der Waals surface area contributed by atoms with Crippen molar-refractivity contribution in [1.29, 1.82) is 0 Å². The minimum absolute atomic E-state index is 0.0270. The first-order chi connectivity index (χ1) is 16.0. The quantitative estimate of drug-likeness (QED) is 0.457. The standard InChI is InChI=1S/C24H30N4O5/c1-3-5-14-27(20-21(25)28(15-6-4-2)24(31)26-22(20)29)23(30)19-13-12-18(33-19)16-32-17-10-8-7-9-11-17/h7-13H,3-6,14-16,25H2,1-2H3,(H,26,29,31). The van der Waals surface area contributed by atoms with Gasteiger partial charge in [-0.25, -0.2) is 4.79 Å². The Labute approximate surface area is 191 Å². The van der Waals surface area contributed by atoms with Gasteiger partial charge in [-0.15, -0.1) is 0 Å². The highest BCUT2D eigenvalue weighted by molar-refractivity contribution is 6.05. The molecular formula is C24H30N4O5. The number of aromatic amines is 1. The van der Waals surface area contributed by atoms with Gasteiger partial charge in [0, 0.05) is 13.1 Å². The van der Waals surface area contributed by atoms with E-state index in [2.05, 4.69) is 4.98 Å². The molecule has 3 N–H and O–H groups in total. The monoisotopic (exact) mass is 454 g/mol. The van der Waals surface area contributed by atoms with E-state index in [-0.39, 0.29) is 30.4 Å². The summed E-state index contributed by atoms with van der Waals surface area (Å²) >= 11 is 0. The number of nitrogens with one attached hydrogen (secondary N) is 1. The zero-order valence-corrected chi connectivity index (χ0v) is 19.0. The number of ether oxygens (including phenoxy) is 1. The number of anilines is 2. The van der Waals surface area contributed by atoms with Crippen molar-refractivity contribution in [3.63, 3.8) is 0 Å². The van der Waals surface area contributed by atoms with E-state index in [4.69, 9.17) is 14.9 Å². The molecule has 0 bridgehead atoms. The number of H-pyrrole nitrogens is 1. The molecule has 0 radical (unpaired) electrons. The molecule has 33 heavy (non-hydrogen) atoms. The fourth-order valence-electron chi connectivity index (χ4n) is 3.38. The van der Waals surface area contributed by atoms with Gasteiger partial charge >= 0.3 is 5.69 Å². The first-order valence-electron chi connectivity index (χ1n) is 11.2. The number of benzene rings is 1. The summed E-state index contributed by atoms with van der Waals surface area (Å²) in [7, 11) is 0. The molecule has 176 valence electrons. The van der Waals surface area contributed by atoms with Crippen LogP contribution in [0.2, 0.25) is 0 Å². The van der Waals surface area contributed by atoms with E-state index in [1.54, 1.807) is 12.1 Å². The van der Waals surface area contributed by atoms with Crippen molar-refractivity contribution in [1.82, 2.24) is 9.55 Å². The summed E-state index contributed by atoms with van der Waals surface area (Å²) in [5.74, 6) is 0.670. The van der Waals surface area contributed by atoms with Gasteiger partial charge in [0.15, 0.2) is 11.4 Å². The van der Waals surface area contributed by atoms with Crippen LogP contribution in [0.15, 0.2) is 56.5 Å². The minimum Gasteiger partial charge on any atom is -0.486 e. The van der Waals surface area contributed by atoms with E-state index < -0.39 is 17.2 Å². The number of nitrogen functional groups attached to an aromatic ring is 1. The number of rotatable bonds is 11. The second-order valence-corrected chi connectivity index (χ2v) is 7.68. The molecule has 0 spiro atoms. The van der Waals surface area contributed by atoms with E-state index in [1.165, 1.54) is 9.47 Å². The number of nitrogens with zero attached hydrogens (tertiary/aromatic N) is 2. The summed E-state index contributed by atoms with van der Waals surface area (Å²) in [4.78, 5) is 41.9. The maximum Gasteiger partial charge on any atom is 0.330 e. The van der Waals surface area contributed by atoms with Crippen LogP contribution >= 0.6 is 0 Å². The number of aromatic nitrogens is 2. The van der Waals surface area contributed by atoms with Crippen molar-refractivity contribution in [2.45, 2.75) is 52.7 Å².